The van der Waals surface area contributed by atoms with Gasteiger partial charge in [0.1, 0.15) is 6.21 Å². The van der Waals surface area contributed by atoms with Gasteiger partial charge in [0.2, 0.25) is 0 Å². The number of carbonyl (C=O) groups is 5. The van der Waals surface area contributed by atoms with Crippen LogP contribution < -0.4 is 33.9 Å². The molecule has 0 fully saturated rings. The Morgan fingerprint density at radius 2 is 1.42 bits per heavy atom. The van der Waals surface area contributed by atoms with Gasteiger partial charge in [-0.1, -0.05) is 43.2 Å². The molecule has 0 aliphatic rings. The lowest BCUT2D eigenvalue weighted by molar-refractivity contribution is -0.129. The maximum absolute atomic E-state index is 10.3. The largest absolute Gasteiger partial charge is 0.411 e. The molecule has 21 heteroatoms. The normalized spacial score (nSPS) is 9.23. The van der Waals surface area contributed by atoms with Crippen LogP contribution in [0.2, 0.25) is 0 Å². The van der Waals surface area contributed by atoms with Gasteiger partial charge in [0, 0.05) is 12.8 Å². The maximum Gasteiger partial charge on any atom is 0.361 e. The van der Waals surface area contributed by atoms with E-state index in [0.717, 1.165) is 24.5 Å². The number of nitrogens with two attached hydrogens (primary N) is 3. The van der Waals surface area contributed by atoms with Crippen molar-refractivity contribution >= 4 is 53.8 Å². The fourth-order valence-electron chi connectivity index (χ4n) is 1.11. The Bertz CT molecular complexity index is 1060. The average molecular weight is 619 g/mol. The first-order chi connectivity index (χ1) is 20.2. The van der Waals surface area contributed by atoms with Gasteiger partial charge in [-0.15, -0.1) is 0 Å². The highest BCUT2D eigenvalue weighted by Crippen LogP contribution is 1.84. The number of carbonyl (C=O) groups excluding carboxylic acids is 5. The molecule has 0 aliphatic carbocycles. The second-order valence-electron chi connectivity index (χ2n) is 6.87. The number of hydrazine groups is 1. The minimum Gasteiger partial charge on any atom is -0.411 e. The fourth-order valence-corrected chi connectivity index (χ4v) is 1.11. The van der Waals surface area contributed by atoms with Crippen LogP contribution in [-0.2, 0) is 20.8 Å². The minimum atomic E-state index is -0.748. The number of Topliss-reactive ketones (excluding diaryl/α,β-unsaturated/α-hetero) is 2. The third kappa shape index (κ3) is 49.8. The van der Waals surface area contributed by atoms with Crippen LogP contribution in [-0.4, -0.2) is 84.6 Å². The zero-order chi connectivity index (χ0) is 34.6. The van der Waals surface area contributed by atoms with Crippen LogP contribution in [0.4, 0.5) is 9.59 Å². The molecule has 21 nitrogen and oxygen atoms in total. The quantitative estimate of drug-likeness (QED) is 0.0341. The van der Waals surface area contributed by atoms with E-state index in [4.69, 9.17) is 21.4 Å². The van der Waals surface area contributed by atoms with Crippen LogP contribution >= 0.6 is 0 Å². The van der Waals surface area contributed by atoms with Crippen molar-refractivity contribution in [1.82, 2.24) is 26.0 Å². The van der Waals surface area contributed by atoms with Crippen LogP contribution in [0.5, 0.6) is 0 Å². The topological polar surface area (TPSA) is 356 Å². The van der Waals surface area contributed by atoms with Gasteiger partial charge in [0.15, 0.2) is 17.9 Å². The summed E-state index contributed by atoms with van der Waals surface area (Å²) in [7, 11) is 0. The van der Waals surface area contributed by atoms with E-state index in [9.17, 15) is 28.8 Å². The number of hydrogen-bond donors (Lipinski definition) is 9. The van der Waals surface area contributed by atoms with Gasteiger partial charge in [0.25, 0.3) is 0 Å². The molecule has 0 saturated heterocycles. The lowest BCUT2D eigenvalue weighted by Crippen LogP contribution is -2.34. The summed E-state index contributed by atoms with van der Waals surface area (Å²) in [4.78, 5) is 62.6. The summed E-state index contributed by atoms with van der Waals surface area (Å²) in [6, 6.07) is -1.47. The highest BCUT2D eigenvalue weighted by molar-refractivity contribution is 6.30. The number of urea groups is 2. The van der Waals surface area contributed by atoms with Crippen molar-refractivity contribution in [2.75, 3.05) is 0 Å². The number of nitrogens with one attached hydrogen (secondary N) is 3. The first-order valence-corrected chi connectivity index (χ1v) is 12.0. The number of oxime groups is 3. The Labute approximate surface area is 247 Å². The Kier molecular flexibility index (Phi) is 40.0. The molecule has 1 aromatic rings. The van der Waals surface area contributed by atoms with Gasteiger partial charge < -0.3 is 27.1 Å². The molecule has 0 bridgehead atoms. The van der Waals surface area contributed by atoms with E-state index in [0.29, 0.717) is 37.0 Å². The molecule has 1 rings (SSSR count). The number of rotatable bonds is 8. The molecule has 1 heterocycles. The molecule has 0 spiro atoms. The average Bonchev–Trinajstić information content (AvgIpc) is 3.00. The Hall–Kier alpha value is -5.60. The first kappa shape index (κ1) is 47.2. The summed E-state index contributed by atoms with van der Waals surface area (Å²) >= 11 is 0. The van der Waals surface area contributed by atoms with Gasteiger partial charge in [-0.3, -0.25) is 19.8 Å². The number of aromatic amines is 1. The molecule has 0 atom stereocenters. The summed E-state index contributed by atoms with van der Waals surface area (Å²) in [6.45, 7) is 10.5. The van der Waals surface area contributed by atoms with Crippen LogP contribution in [0.3, 0.4) is 0 Å². The van der Waals surface area contributed by atoms with Crippen molar-refractivity contribution in [3.63, 3.8) is 0 Å². The summed E-state index contributed by atoms with van der Waals surface area (Å²) in [6.07, 6.45) is 5.87. The molecule has 43 heavy (non-hydrogen) atoms. The zero-order valence-corrected chi connectivity index (χ0v) is 24.8. The van der Waals surface area contributed by atoms with Crippen molar-refractivity contribution in [1.29, 1.82) is 0 Å². The molecule has 1 aromatic heterocycles. The minimum absolute atomic E-state index is 0.164. The SMILES string of the molecule is CC(C)=NO.CCC(/C=N/O)=N/NC(N)=O.CCC(=O)/C=N/O.CCC(=O)C=O.CCc1cnc(=O)[nH]n1.NNC(N)=O. The second kappa shape index (κ2) is 36.4. The van der Waals surface area contributed by atoms with Crippen LogP contribution in [0, 0.1) is 0 Å². The number of H-pyrrole nitrogens is 1. The maximum atomic E-state index is 10.3. The summed E-state index contributed by atoms with van der Waals surface area (Å²) in [5, 5.41) is 41.0. The van der Waals surface area contributed by atoms with Crippen molar-refractivity contribution < 1.29 is 39.6 Å². The number of ketones is 2. The number of hydrogen-bond acceptors (Lipinski definition) is 16. The van der Waals surface area contributed by atoms with Gasteiger partial charge in [-0.25, -0.2) is 30.8 Å². The Balaban J connectivity index is -0.000000138. The number of primary amides is 2. The van der Waals surface area contributed by atoms with Crippen LogP contribution in [0.25, 0.3) is 0 Å². The van der Waals surface area contributed by atoms with Crippen molar-refractivity contribution in [2.24, 2.45) is 37.9 Å². The van der Waals surface area contributed by atoms with Gasteiger partial charge >= 0.3 is 17.8 Å². The molecule has 12 N–H and O–H groups in total. The third-order valence-corrected chi connectivity index (χ3v) is 3.24. The van der Waals surface area contributed by atoms with Crippen molar-refractivity contribution in [3.05, 3.63) is 22.4 Å². The molecule has 0 radical (unpaired) electrons. The van der Waals surface area contributed by atoms with E-state index in [2.05, 4.69) is 47.3 Å². The number of aromatic nitrogens is 3. The summed E-state index contributed by atoms with van der Waals surface area (Å²) in [5.74, 6) is 3.94. The van der Waals surface area contributed by atoms with E-state index in [-0.39, 0.29) is 11.6 Å². The highest BCUT2D eigenvalue weighted by atomic mass is 16.4. The first-order valence-electron chi connectivity index (χ1n) is 12.0. The number of aldehydes is 1. The number of hydrazone groups is 1. The third-order valence-electron chi connectivity index (χ3n) is 3.24. The highest BCUT2D eigenvalue weighted by Gasteiger charge is 1.92. The van der Waals surface area contributed by atoms with Crippen LogP contribution in [0.1, 0.15) is 66.5 Å². The standard InChI is InChI=1S/C5H10N4O2.C5H7N3O.C4H7NO2.C4H6O2.C3H7NO.CH5N3O/c1-2-4(3-7-11)8-9-5(6)10;1-2-4-3-6-5(9)8-7-4;1-2-4(6)3-5-7;1-2-4(6)3-5;1-3(2)4-5;2-1(5)4-3/h3,11H,2H2,1H3,(H3,6,9,10);3H,2H2,1H3,(H,6,8,9);3,7H,2H2,1H3;3H,2H2,1H3;5H,1-2H3;3H2,(H3,2,4,5)/b7-3+,8-4-;;5-3+;;;. The van der Waals surface area contributed by atoms with E-state index in [1.165, 1.54) is 6.20 Å². The molecule has 0 aliphatic heterocycles. The number of aryl methyl sites for hydroxylation is 1. The predicted octanol–water partition coefficient (Wildman–Crippen LogP) is -0.417. The second-order valence-corrected chi connectivity index (χ2v) is 6.87. The lowest BCUT2D eigenvalue weighted by atomic mass is 10.3. The molecule has 0 aromatic carbocycles. The Morgan fingerprint density at radius 1 is 0.930 bits per heavy atom. The van der Waals surface area contributed by atoms with E-state index in [1.807, 2.05) is 12.3 Å². The molecule has 4 amide bonds. The van der Waals surface area contributed by atoms with E-state index in [1.54, 1.807) is 40.0 Å². The molecule has 244 valence electrons. The summed E-state index contributed by atoms with van der Waals surface area (Å²) < 4.78 is 0. The monoisotopic (exact) mass is 618 g/mol. The van der Waals surface area contributed by atoms with Crippen molar-refractivity contribution in [2.45, 2.75) is 67.2 Å². The lowest BCUT2D eigenvalue weighted by Gasteiger charge is -1.94. The number of nitrogens with zero attached hydrogens (tertiary/aromatic N) is 6. The van der Waals surface area contributed by atoms with Crippen LogP contribution in [0.15, 0.2) is 31.6 Å². The molecular weight excluding hydrogens is 576 g/mol. The van der Waals surface area contributed by atoms with Crippen molar-refractivity contribution in [3.8, 4) is 0 Å². The molecular formula is C22H42N12O9. The van der Waals surface area contributed by atoms with Gasteiger partial charge in [-0.2, -0.15) is 15.2 Å². The Morgan fingerprint density at radius 3 is 1.63 bits per heavy atom. The molecule has 0 saturated carbocycles. The summed E-state index contributed by atoms with van der Waals surface area (Å²) in [5.41, 5.74) is 14.3. The van der Waals surface area contributed by atoms with E-state index >= 15 is 0 Å². The van der Waals surface area contributed by atoms with Gasteiger partial charge in [0.05, 0.1) is 29.5 Å². The fraction of sp³-hybridized carbons (Fsp3) is 0.455. The number of amides is 4. The van der Waals surface area contributed by atoms with Gasteiger partial charge in [-0.05, 0) is 26.7 Å². The molecule has 0 unspecified atom stereocenters. The van der Waals surface area contributed by atoms with E-state index < -0.39 is 17.8 Å². The predicted molar refractivity (Wildman–Crippen MR) is 157 cm³/mol. The smallest absolute Gasteiger partial charge is 0.361 e. The zero-order valence-electron chi connectivity index (χ0n) is 24.8.